The molecule has 6 nitrogen and oxygen atoms in total. The summed E-state index contributed by atoms with van der Waals surface area (Å²) in [5.41, 5.74) is 1.79. The quantitative estimate of drug-likeness (QED) is 0.511. The Balaban J connectivity index is 2.16. The summed E-state index contributed by atoms with van der Waals surface area (Å²) in [6, 6.07) is 4.72. The van der Waals surface area contributed by atoms with Crippen LogP contribution in [0.2, 0.25) is 10.2 Å². The highest BCUT2D eigenvalue weighted by Gasteiger charge is 2.18. The number of aromatic nitrogens is 4. The van der Waals surface area contributed by atoms with Gasteiger partial charge in [0.15, 0.2) is 0 Å². The number of fused-ring (bicyclic) bond motifs is 1. The van der Waals surface area contributed by atoms with E-state index in [9.17, 15) is 9.35 Å². The van der Waals surface area contributed by atoms with E-state index in [0.29, 0.717) is 33.1 Å². The standard InChI is InChI=1S/C15H14Cl2N4O2S/c1-3-24(23)13-6-14-20(9(2)4-15(22)21(14)19-13)8-10-7-18-12(17)5-11(10)16/h4-7H,3,8H2,1-2H3. The van der Waals surface area contributed by atoms with Crippen LogP contribution in [-0.4, -0.2) is 29.5 Å². The summed E-state index contributed by atoms with van der Waals surface area (Å²) in [7, 11) is 0. The summed E-state index contributed by atoms with van der Waals surface area (Å²) < 4.78 is 15.2. The average Bonchev–Trinajstić information content (AvgIpc) is 2.98. The summed E-state index contributed by atoms with van der Waals surface area (Å²) in [5, 5.41) is 5.36. The minimum absolute atomic E-state index is 0.265. The molecule has 126 valence electrons. The van der Waals surface area contributed by atoms with Crippen LogP contribution >= 0.6 is 23.2 Å². The molecular weight excluding hydrogens is 371 g/mol. The highest BCUT2D eigenvalue weighted by Crippen LogP contribution is 2.21. The van der Waals surface area contributed by atoms with Gasteiger partial charge in [0.1, 0.15) is 16.6 Å². The van der Waals surface area contributed by atoms with Gasteiger partial charge in [0, 0.05) is 34.7 Å². The molecule has 0 N–H and O–H groups in total. The molecule has 1 atom stereocenters. The van der Waals surface area contributed by atoms with E-state index in [1.165, 1.54) is 10.6 Å². The van der Waals surface area contributed by atoms with E-state index < -0.39 is 11.2 Å². The average molecular weight is 385 g/mol. The zero-order chi connectivity index (χ0) is 17.4. The molecule has 0 aliphatic heterocycles. The van der Waals surface area contributed by atoms with Crippen LogP contribution in [0.15, 0.2) is 34.2 Å². The lowest BCUT2D eigenvalue weighted by Gasteiger charge is -2.13. The Labute approximate surface area is 151 Å². The second-order valence-electron chi connectivity index (χ2n) is 5.20. The fourth-order valence-electron chi connectivity index (χ4n) is 2.39. The third-order valence-corrected chi connectivity index (χ3v) is 5.38. The number of nitrogens with zero attached hydrogens (tertiary/aromatic N) is 4. The maximum absolute atomic E-state index is 12.2. The number of pyridine rings is 1. The topological polar surface area (TPSA) is 75.2 Å². The van der Waals surface area contributed by atoms with Crippen LogP contribution in [0.25, 0.3) is 5.65 Å². The van der Waals surface area contributed by atoms with Gasteiger partial charge in [-0.25, -0.2) is 4.98 Å². The van der Waals surface area contributed by atoms with Crippen molar-refractivity contribution in [2.24, 2.45) is 0 Å². The third kappa shape index (κ3) is 3.17. The SMILES string of the molecule is CC[S+]([O-])c1cc2n(Cc3cnc(Cl)cc3Cl)c(C)cc(=O)n2n1. The molecule has 0 amide bonds. The molecule has 0 aliphatic rings. The second-order valence-corrected chi connectivity index (χ2v) is 7.68. The molecule has 0 saturated carbocycles. The minimum atomic E-state index is -1.24. The van der Waals surface area contributed by atoms with Crippen molar-refractivity contribution in [3.05, 3.63) is 56.2 Å². The van der Waals surface area contributed by atoms with Crippen LogP contribution in [0, 0.1) is 6.92 Å². The lowest BCUT2D eigenvalue weighted by atomic mass is 10.2. The Morgan fingerprint density at radius 1 is 1.29 bits per heavy atom. The van der Waals surface area contributed by atoms with Gasteiger partial charge in [-0.2, -0.15) is 4.52 Å². The van der Waals surface area contributed by atoms with Crippen LogP contribution in [0.1, 0.15) is 18.2 Å². The molecule has 0 aliphatic carbocycles. The molecule has 3 rings (SSSR count). The van der Waals surface area contributed by atoms with E-state index in [1.54, 1.807) is 25.3 Å². The van der Waals surface area contributed by atoms with Gasteiger partial charge in [-0.3, -0.25) is 4.79 Å². The zero-order valence-corrected chi connectivity index (χ0v) is 15.3. The van der Waals surface area contributed by atoms with Gasteiger partial charge in [0.25, 0.3) is 10.6 Å². The molecule has 3 aromatic rings. The van der Waals surface area contributed by atoms with Gasteiger partial charge in [-0.05, 0) is 19.9 Å². The highest BCUT2D eigenvalue weighted by atomic mass is 35.5. The number of hydrogen-bond donors (Lipinski definition) is 0. The summed E-state index contributed by atoms with van der Waals surface area (Å²) in [5.74, 6) is 0.435. The number of aryl methyl sites for hydroxylation is 1. The van der Waals surface area contributed by atoms with Gasteiger partial charge < -0.3 is 9.12 Å². The van der Waals surface area contributed by atoms with Gasteiger partial charge in [-0.15, -0.1) is 5.10 Å². The van der Waals surface area contributed by atoms with E-state index in [4.69, 9.17) is 23.2 Å². The highest BCUT2D eigenvalue weighted by molar-refractivity contribution is 7.91. The van der Waals surface area contributed by atoms with Crippen LogP contribution in [0.5, 0.6) is 0 Å². The van der Waals surface area contributed by atoms with Crippen molar-refractivity contribution in [1.29, 1.82) is 0 Å². The lowest BCUT2D eigenvalue weighted by molar-refractivity contribution is 0.590. The number of rotatable bonds is 4. The van der Waals surface area contributed by atoms with E-state index in [2.05, 4.69) is 10.1 Å². The molecule has 0 aromatic carbocycles. The summed E-state index contributed by atoms with van der Waals surface area (Å²) in [6.07, 6.45) is 1.60. The molecule has 3 heterocycles. The summed E-state index contributed by atoms with van der Waals surface area (Å²) in [4.78, 5) is 16.2. The molecule has 24 heavy (non-hydrogen) atoms. The number of hydrogen-bond acceptors (Lipinski definition) is 4. The van der Waals surface area contributed by atoms with Gasteiger partial charge in [-0.1, -0.05) is 23.2 Å². The molecule has 0 spiro atoms. The fourth-order valence-corrected chi connectivity index (χ4v) is 3.52. The molecule has 0 bridgehead atoms. The Bertz CT molecular complexity index is 970. The Hall–Kier alpha value is -1.54. The van der Waals surface area contributed by atoms with E-state index in [-0.39, 0.29) is 5.56 Å². The van der Waals surface area contributed by atoms with Gasteiger partial charge in [0.2, 0.25) is 0 Å². The lowest BCUT2D eigenvalue weighted by Crippen LogP contribution is -2.20. The van der Waals surface area contributed by atoms with Crippen molar-refractivity contribution in [3.63, 3.8) is 0 Å². The van der Waals surface area contributed by atoms with Crippen molar-refractivity contribution in [2.75, 3.05) is 5.75 Å². The van der Waals surface area contributed by atoms with Gasteiger partial charge in [0.05, 0.1) is 17.6 Å². The van der Waals surface area contributed by atoms with E-state index >= 15 is 0 Å². The number of halogens is 2. The fraction of sp³-hybridized carbons (Fsp3) is 0.267. The van der Waals surface area contributed by atoms with Crippen molar-refractivity contribution in [1.82, 2.24) is 19.2 Å². The van der Waals surface area contributed by atoms with Crippen LogP contribution in [0.4, 0.5) is 0 Å². The van der Waals surface area contributed by atoms with E-state index in [1.807, 2.05) is 11.5 Å². The van der Waals surface area contributed by atoms with Gasteiger partial charge >= 0.3 is 0 Å². The van der Waals surface area contributed by atoms with Crippen LogP contribution in [-0.2, 0) is 17.7 Å². The molecule has 1 unspecified atom stereocenters. The first-order chi connectivity index (χ1) is 11.4. The summed E-state index contributed by atoms with van der Waals surface area (Å²) in [6.45, 7) is 4.02. The van der Waals surface area contributed by atoms with Crippen molar-refractivity contribution in [3.8, 4) is 0 Å². The largest absolute Gasteiger partial charge is 0.610 e. The maximum Gasteiger partial charge on any atom is 0.274 e. The van der Waals surface area contributed by atoms with Crippen molar-refractivity contribution >= 4 is 40.0 Å². The predicted molar refractivity (Wildman–Crippen MR) is 94.5 cm³/mol. The first-order valence-corrected chi connectivity index (χ1v) is 9.26. The molecule has 0 saturated heterocycles. The predicted octanol–water partition coefficient (Wildman–Crippen LogP) is 2.68. The molecule has 0 radical (unpaired) electrons. The molecular formula is C15H14Cl2N4O2S. The van der Waals surface area contributed by atoms with Crippen molar-refractivity contribution in [2.45, 2.75) is 25.4 Å². The Kier molecular flexibility index (Phi) is 4.87. The second kappa shape index (κ2) is 6.76. The summed E-state index contributed by atoms with van der Waals surface area (Å²) >= 11 is 10.8. The molecule has 0 fully saturated rings. The zero-order valence-electron chi connectivity index (χ0n) is 13.0. The van der Waals surface area contributed by atoms with Crippen LogP contribution < -0.4 is 5.56 Å². The third-order valence-electron chi connectivity index (χ3n) is 3.63. The van der Waals surface area contributed by atoms with E-state index in [0.717, 1.165) is 11.3 Å². The van der Waals surface area contributed by atoms with Crippen LogP contribution in [0.3, 0.4) is 0 Å². The smallest absolute Gasteiger partial charge is 0.274 e. The first-order valence-electron chi connectivity index (χ1n) is 7.19. The maximum atomic E-state index is 12.2. The molecule has 3 aromatic heterocycles. The monoisotopic (exact) mass is 384 g/mol. The minimum Gasteiger partial charge on any atom is -0.610 e. The van der Waals surface area contributed by atoms with Crippen molar-refractivity contribution < 1.29 is 4.55 Å². The normalized spacial score (nSPS) is 12.7. The molecule has 9 heteroatoms. The Morgan fingerprint density at radius 3 is 2.71 bits per heavy atom. The first kappa shape index (κ1) is 17.3. The Morgan fingerprint density at radius 2 is 2.04 bits per heavy atom.